The van der Waals surface area contributed by atoms with Gasteiger partial charge in [0.2, 0.25) is 17.6 Å². The molecular formula is C27H33ClN4O5S. The first-order valence-corrected chi connectivity index (χ1v) is 14.3. The van der Waals surface area contributed by atoms with E-state index in [0.29, 0.717) is 36.1 Å². The van der Waals surface area contributed by atoms with Crippen LogP contribution in [0.2, 0.25) is 5.02 Å². The third-order valence-electron chi connectivity index (χ3n) is 5.67. The van der Waals surface area contributed by atoms with Crippen LogP contribution in [0, 0.1) is 0 Å². The summed E-state index contributed by atoms with van der Waals surface area (Å²) in [4.78, 5) is 26.6. The van der Waals surface area contributed by atoms with Gasteiger partial charge in [0.25, 0.3) is 10.0 Å². The fourth-order valence-corrected chi connectivity index (χ4v) is 5.42. The van der Waals surface area contributed by atoms with Gasteiger partial charge < -0.3 is 14.7 Å². The number of anilines is 1. The molecular weight excluding hydrogens is 528 g/mol. The van der Waals surface area contributed by atoms with Gasteiger partial charge in [0.1, 0.15) is 5.02 Å². The lowest BCUT2D eigenvalue weighted by atomic mass is 10.0. The first kappa shape index (κ1) is 29.2. The highest BCUT2D eigenvalue weighted by molar-refractivity contribution is 7.92. The fraction of sp³-hybridized carbons (Fsp3) is 0.370. The molecule has 0 saturated heterocycles. The summed E-state index contributed by atoms with van der Waals surface area (Å²) in [6.45, 7) is 7.70. The minimum atomic E-state index is -4.03. The SMILES string of the molecule is CCCC(=O)N(CC(=O)NC(C)C)Cc1ccc(-c2ccccc2S(=O)(=O)Nc2noc(CC)c2Cl)cc1. The Morgan fingerprint density at radius 1 is 1.08 bits per heavy atom. The van der Waals surface area contributed by atoms with Crippen LogP contribution in [0.4, 0.5) is 5.82 Å². The summed E-state index contributed by atoms with van der Waals surface area (Å²) in [5.41, 5.74) is 1.96. The molecule has 0 bridgehead atoms. The van der Waals surface area contributed by atoms with E-state index in [1.165, 1.54) is 11.0 Å². The van der Waals surface area contributed by atoms with Gasteiger partial charge in [-0.25, -0.2) is 8.42 Å². The van der Waals surface area contributed by atoms with Crippen molar-refractivity contribution in [3.8, 4) is 11.1 Å². The Labute approximate surface area is 228 Å². The van der Waals surface area contributed by atoms with Crippen LogP contribution in [-0.2, 0) is 32.6 Å². The highest BCUT2D eigenvalue weighted by Gasteiger charge is 2.24. The summed E-state index contributed by atoms with van der Waals surface area (Å²) in [7, 11) is -4.03. The van der Waals surface area contributed by atoms with Crippen LogP contribution in [-0.4, -0.2) is 42.9 Å². The monoisotopic (exact) mass is 560 g/mol. The van der Waals surface area contributed by atoms with Crippen molar-refractivity contribution in [2.45, 2.75) is 64.4 Å². The molecule has 9 nitrogen and oxygen atoms in total. The molecule has 1 heterocycles. The van der Waals surface area contributed by atoms with Crippen molar-refractivity contribution in [3.05, 3.63) is 64.9 Å². The molecule has 204 valence electrons. The van der Waals surface area contributed by atoms with E-state index in [2.05, 4.69) is 15.2 Å². The molecule has 38 heavy (non-hydrogen) atoms. The highest BCUT2D eigenvalue weighted by Crippen LogP contribution is 2.32. The Hall–Kier alpha value is -3.37. The lowest BCUT2D eigenvalue weighted by Crippen LogP contribution is -2.42. The van der Waals surface area contributed by atoms with Gasteiger partial charge in [0.05, 0.1) is 11.4 Å². The van der Waals surface area contributed by atoms with Crippen molar-refractivity contribution in [1.29, 1.82) is 0 Å². The molecule has 2 N–H and O–H groups in total. The van der Waals surface area contributed by atoms with Gasteiger partial charge in [-0.1, -0.05) is 73.1 Å². The molecule has 2 aromatic carbocycles. The van der Waals surface area contributed by atoms with Crippen LogP contribution in [0.25, 0.3) is 11.1 Å². The van der Waals surface area contributed by atoms with E-state index >= 15 is 0 Å². The maximum absolute atomic E-state index is 13.2. The minimum absolute atomic E-state index is 0.0234. The zero-order valence-electron chi connectivity index (χ0n) is 22.0. The molecule has 0 aliphatic heterocycles. The zero-order chi connectivity index (χ0) is 27.9. The lowest BCUT2D eigenvalue weighted by Gasteiger charge is -2.23. The lowest BCUT2D eigenvalue weighted by molar-refractivity contribution is -0.136. The largest absolute Gasteiger partial charge is 0.358 e. The second-order valence-corrected chi connectivity index (χ2v) is 11.2. The average molecular weight is 561 g/mol. The summed E-state index contributed by atoms with van der Waals surface area (Å²) in [5, 5.41) is 6.69. The van der Waals surface area contributed by atoms with E-state index in [0.717, 1.165) is 5.56 Å². The summed E-state index contributed by atoms with van der Waals surface area (Å²) >= 11 is 6.20. The number of benzene rings is 2. The zero-order valence-corrected chi connectivity index (χ0v) is 23.5. The van der Waals surface area contributed by atoms with Crippen LogP contribution in [0.5, 0.6) is 0 Å². The Bertz CT molecular complexity index is 1370. The molecule has 0 aliphatic rings. The molecule has 0 unspecified atom stereocenters. The van der Waals surface area contributed by atoms with Crippen molar-refractivity contribution < 1.29 is 22.5 Å². The van der Waals surface area contributed by atoms with Gasteiger partial charge in [-0.3, -0.25) is 14.3 Å². The number of nitrogens with zero attached hydrogens (tertiary/aromatic N) is 2. The highest BCUT2D eigenvalue weighted by atomic mass is 35.5. The number of rotatable bonds is 12. The number of sulfonamides is 1. The fourth-order valence-electron chi connectivity index (χ4n) is 3.87. The van der Waals surface area contributed by atoms with Gasteiger partial charge in [0.15, 0.2) is 5.76 Å². The Kier molecular flexibility index (Phi) is 9.93. The summed E-state index contributed by atoms with van der Waals surface area (Å²) in [6.07, 6.45) is 1.50. The van der Waals surface area contributed by atoms with E-state index < -0.39 is 10.0 Å². The maximum Gasteiger partial charge on any atom is 0.263 e. The maximum atomic E-state index is 13.2. The average Bonchev–Trinajstić information content (AvgIpc) is 3.22. The molecule has 3 aromatic rings. The predicted octanol–water partition coefficient (Wildman–Crippen LogP) is 5.01. The van der Waals surface area contributed by atoms with Gasteiger partial charge in [-0.2, -0.15) is 0 Å². The van der Waals surface area contributed by atoms with Crippen molar-refractivity contribution in [2.75, 3.05) is 11.3 Å². The number of aryl methyl sites for hydroxylation is 1. The second kappa shape index (κ2) is 12.9. The Balaban J connectivity index is 1.84. The summed E-state index contributed by atoms with van der Waals surface area (Å²) < 4.78 is 34.0. The first-order chi connectivity index (χ1) is 18.1. The number of hydrogen-bond donors (Lipinski definition) is 2. The van der Waals surface area contributed by atoms with Crippen LogP contribution in [0.1, 0.15) is 51.9 Å². The Morgan fingerprint density at radius 3 is 2.37 bits per heavy atom. The number of amides is 2. The van der Waals surface area contributed by atoms with Crippen LogP contribution >= 0.6 is 11.6 Å². The second-order valence-electron chi connectivity index (χ2n) is 9.14. The van der Waals surface area contributed by atoms with Crippen molar-refractivity contribution in [3.63, 3.8) is 0 Å². The summed E-state index contributed by atoms with van der Waals surface area (Å²) in [6, 6.07) is 13.8. The number of carbonyl (C=O) groups is 2. The van der Waals surface area contributed by atoms with E-state index in [1.807, 2.05) is 39.8 Å². The number of hydrogen-bond acceptors (Lipinski definition) is 6. The van der Waals surface area contributed by atoms with Crippen molar-refractivity contribution in [1.82, 2.24) is 15.4 Å². The normalized spacial score (nSPS) is 11.4. The Morgan fingerprint density at radius 2 is 1.76 bits per heavy atom. The molecule has 0 fully saturated rings. The van der Waals surface area contributed by atoms with Crippen LogP contribution < -0.4 is 10.0 Å². The van der Waals surface area contributed by atoms with Crippen molar-refractivity contribution >= 4 is 39.3 Å². The molecule has 1 aromatic heterocycles. The van der Waals surface area contributed by atoms with Crippen molar-refractivity contribution in [2.24, 2.45) is 0 Å². The quantitative estimate of drug-likeness (QED) is 0.321. The molecule has 3 rings (SSSR count). The molecule has 0 radical (unpaired) electrons. The van der Waals surface area contributed by atoms with Gasteiger partial charge in [-0.05, 0) is 37.5 Å². The molecule has 0 spiro atoms. The smallest absolute Gasteiger partial charge is 0.263 e. The van der Waals surface area contributed by atoms with E-state index in [1.54, 1.807) is 30.3 Å². The molecule has 0 saturated carbocycles. The first-order valence-electron chi connectivity index (χ1n) is 12.5. The number of halogens is 1. The number of nitrogens with one attached hydrogen (secondary N) is 2. The number of carbonyl (C=O) groups excluding carboxylic acids is 2. The third-order valence-corrected chi connectivity index (χ3v) is 7.45. The topological polar surface area (TPSA) is 122 Å². The minimum Gasteiger partial charge on any atom is -0.358 e. The van der Waals surface area contributed by atoms with E-state index in [-0.39, 0.29) is 46.7 Å². The van der Waals surface area contributed by atoms with Gasteiger partial charge >= 0.3 is 0 Å². The molecule has 0 atom stereocenters. The van der Waals surface area contributed by atoms with E-state index in [9.17, 15) is 18.0 Å². The predicted molar refractivity (Wildman–Crippen MR) is 147 cm³/mol. The standard InChI is InChI=1S/C27H33ClN4O5S/c1-5-9-25(34)32(17-24(33)29-18(3)4)16-19-12-14-20(15-13-19)21-10-7-8-11-23(21)38(35,36)31-27-26(28)22(6-2)37-30-27/h7-8,10-15,18H,5-6,9,16-17H2,1-4H3,(H,29,33)(H,30,31). The molecule has 0 aliphatic carbocycles. The van der Waals surface area contributed by atoms with Gasteiger partial charge in [-0.15, -0.1) is 0 Å². The van der Waals surface area contributed by atoms with E-state index in [4.69, 9.17) is 16.1 Å². The third kappa shape index (κ3) is 7.35. The summed E-state index contributed by atoms with van der Waals surface area (Å²) in [5.74, 6) is 0.00937. The molecule has 11 heteroatoms. The molecule has 2 amide bonds. The van der Waals surface area contributed by atoms with Crippen LogP contribution in [0.15, 0.2) is 57.9 Å². The number of aromatic nitrogens is 1. The van der Waals surface area contributed by atoms with Gasteiger partial charge in [0, 0.05) is 31.0 Å². The van der Waals surface area contributed by atoms with Crippen LogP contribution in [0.3, 0.4) is 0 Å².